The molecule has 5 rings (SSSR count). The summed E-state index contributed by atoms with van der Waals surface area (Å²) in [5, 5.41) is 4.40. The van der Waals surface area contributed by atoms with Crippen molar-refractivity contribution in [1.29, 1.82) is 0 Å². The number of hydrogen-bond donors (Lipinski definition) is 0. The smallest absolute Gasteiger partial charge is 0.228 e. The molecule has 0 radical (unpaired) electrons. The van der Waals surface area contributed by atoms with Crippen molar-refractivity contribution in [2.24, 2.45) is 5.41 Å². The van der Waals surface area contributed by atoms with E-state index in [1.807, 2.05) is 6.92 Å². The van der Waals surface area contributed by atoms with Crippen LogP contribution in [0.1, 0.15) is 55.1 Å². The van der Waals surface area contributed by atoms with Gasteiger partial charge in [-0.1, -0.05) is 43.7 Å². The number of allylic oxidation sites excluding steroid dienone is 2. The van der Waals surface area contributed by atoms with E-state index in [0.29, 0.717) is 30.2 Å². The summed E-state index contributed by atoms with van der Waals surface area (Å²) in [6, 6.07) is 8.31. The second-order valence-electron chi connectivity index (χ2n) is 8.61. The Bertz CT molecular complexity index is 1160. The average Bonchev–Trinajstić information content (AvgIpc) is 3.00. The Balaban J connectivity index is 1.81. The highest BCUT2D eigenvalue weighted by Crippen LogP contribution is 2.50. The normalized spacial score (nSPS) is 20.7. The van der Waals surface area contributed by atoms with E-state index in [1.54, 1.807) is 10.8 Å². The van der Waals surface area contributed by atoms with Crippen LogP contribution in [0.25, 0.3) is 5.65 Å². The third-order valence-electron chi connectivity index (χ3n) is 5.58. The Hall–Kier alpha value is -3.02. The first-order valence-electron chi connectivity index (χ1n) is 9.55. The molecule has 0 amide bonds. The summed E-state index contributed by atoms with van der Waals surface area (Å²) in [5.74, 6) is 1.82. The van der Waals surface area contributed by atoms with E-state index in [9.17, 15) is 4.79 Å². The van der Waals surface area contributed by atoms with Gasteiger partial charge in [0, 0.05) is 24.3 Å². The lowest BCUT2D eigenvalue weighted by Gasteiger charge is -2.37. The van der Waals surface area contributed by atoms with Crippen molar-refractivity contribution < 1.29 is 9.53 Å². The summed E-state index contributed by atoms with van der Waals surface area (Å²) in [4.78, 5) is 22.4. The van der Waals surface area contributed by atoms with Crippen LogP contribution in [0.4, 0.5) is 0 Å². The first-order chi connectivity index (χ1) is 13.3. The molecule has 1 aliphatic carbocycles. The number of carbonyl (C=O) groups is 1. The summed E-state index contributed by atoms with van der Waals surface area (Å²) in [6.07, 6.45) is 2.85. The van der Waals surface area contributed by atoms with Crippen LogP contribution >= 0.6 is 0 Å². The maximum atomic E-state index is 13.2. The van der Waals surface area contributed by atoms with E-state index in [1.165, 1.54) is 5.56 Å². The summed E-state index contributed by atoms with van der Waals surface area (Å²) in [5.41, 5.74) is 4.35. The summed E-state index contributed by atoms with van der Waals surface area (Å²) < 4.78 is 7.87. The number of fused-ring (bicyclic) bond motifs is 3. The monoisotopic (exact) mass is 374 g/mol. The van der Waals surface area contributed by atoms with E-state index in [-0.39, 0.29) is 17.1 Å². The lowest BCUT2D eigenvalue weighted by Crippen LogP contribution is -2.33. The quantitative estimate of drug-likeness (QED) is 0.646. The van der Waals surface area contributed by atoms with Crippen molar-refractivity contribution in [3.05, 3.63) is 64.4 Å². The SMILES string of the molecule is Cc1ccc([C@H]2C3=C(CC(C)(C)CC3=O)Oc3ncn4nc(C)nc4c32)cc1. The third kappa shape index (κ3) is 2.55. The van der Waals surface area contributed by atoms with Gasteiger partial charge in [-0.3, -0.25) is 4.79 Å². The maximum Gasteiger partial charge on any atom is 0.228 e. The van der Waals surface area contributed by atoms with Crippen molar-refractivity contribution in [1.82, 2.24) is 19.6 Å². The molecule has 2 aliphatic rings. The molecule has 1 aliphatic heterocycles. The van der Waals surface area contributed by atoms with Crippen LogP contribution in [0.2, 0.25) is 0 Å². The van der Waals surface area contributed by atoms with Gasteiger partial charge in [-0.2, -0.15) is 5.10 Å². The molecule has 3 aromatic rings. The number of nitrogens with zero attached hydrogens (tertiary/aromatic N) is 4. The number of rotatable bonds is 1. The van der Waals surface area contributed by atoms with Gasteiger partial charge in [0.05, 0.1) is 5.56 Å². The lowest BCUT2D eigenvalue weighted by atomic mass is 9.70. The number of aromatic nitrogens is 4. The fourth-order valence-electron chi connectivity index (χ4n) is 4.34. The van der Waals surface area contributed by atoms with Crippen LogP contribution in [0.5, 0.6) is 5.88 Å². The largest absolute Gasteiger partial charge is 0.442 e. The zero-order chi connectivity index (χ0) is 19.6. The predicted molar refractivity (Wildman–Crippen MR) is 104 cm³/mol. The minimum atomic E-state index is -0.247. The van der Waals surface area contributed by atoms with Crippen molar-refractivity contribution in [3.8, 4) is 5.88 Å². The van der Waals surface area contributed by atoms with Gasteiger partial charge >= 0.3 is 0 Å². The van der Waals surface area contributed by atoms with Crippen molar-refractivity contribution in [3.63, 3.8) is 0 Å². The van der Waals surface area contributed by atoms with Gasteiger partial charge in [0.15, 0.2) is 11.4 Å². The van der Waals surface area contributed by atoms with E-state index < -0.39 is 0 Å². The molecule has 3 heterocycles. The highest BCUT2D eigenvalue weighted by Gasteiger charge is 2.43. The lowest BCUT2D eigenvalue weighted by molar-refractivity contribution is -0.118. The molecule has 1 atom stereocenters. The zero-order valence-electron chi connectivity index (χ0n) is 16.5. The van der Waals surface area contributed by atoms with Crippen molar-refractivity contribution in [2.75, 3.05) is 0 Å². The van der Waals surface area contributed by atoms with Crippen LogP contribution in [0.3, 0.4) is 0 Å². The molecule has 6 nitrogen and oxygen atoms in total. The molecule has 0 fully saturated rings. The maximum absolute atomic E-state index is 13.2. The molecule has 0 saturated heterocycles. The third-order valence-corrected chi connectivity index (χ3v) is 5.58. The fraction of sp³-hybridized carbons (Fsp3) is 0.364. The number of ketones is 1. The fourth-order valence-corrected chi connectivity index (χ4v) is 4.34. The Morgan fingerprint density at radius 2 is 1.89 bits per heavy atom. The minimum Gasteiger partial charge on any atom is -0.442 e. The van der Waals surface area contributed by atoms with Crippen molar-refractivity contribution in [2.45, 2.75) is 46.5 Å². The number of hydrogen-bond acceptors (Lipinski definition) is 5. The van der Waals surface area contributed by atoms with Gasteiger partial charge in [0.2, 0.25) is 5.88 Å². The predicted octanol–water partition coefficient (Wildman–Crippen LogP) is 3.91. The molecular weight excluding hydrogens is 352 g/mol. The van der Waals surface area contributed by atoms with Gasteiger partial charge < -0.3 is 4.74 Å². The Morgan fingerprint density at radius 1 is 1.14 bits per heavy atom. The van der Waals surface area contributed by atoms with E-state index in [0.717, 1.165) is 22.5 Å². The number of ether oxygens (including phenoxy) is 1. The Kier molecular flexibility index (Phi) is 3.50. The van der Waals surface area contributed by atoms with E-state index in [2.05, 4.69) is 60.1 Å². The highest BCUT2D eigenvalue weighted by atomic mass is 16.5. The molecule has 0 spiro atoms. The summed E-state index contributed by atoms with van der Waals surface area (Å²) in [6.45, 7) is 8.12. The summed E-state index contributed by atoms with van der Waals surface area (Å²) in [7, 11) is 0. The molecule has 0 bridgehead atoms. The topological polar surface area (TPSA) is 69.4 Å². The number of aryl methyl sites for hydroxylation is 2. The van der Waals surface area contributed by atoms with Crippen LogP contribution in [0, 0.1) is 19.3 Å². The van der Waals surface area contributed by atoms with Crippen LogP contribution in [0.15, 0.2) is 41.9 Å². The van der Waals surface area contributed by atoms with Gasteiger partial charge in [-0.05, 0) is 24.8 Å². The van der Waals surface area contributed by atoms with Gasteiger partial charge in [0.1, 0.15) is 17.9 Å². The second-order valence-corrected chi connectivity index (χ2v) is 8.61. The zero-order valence-corrected chi connectivity index (χ0v) is 16.5. The molecule has 0 N–H and O–H groups in total. The standard InChI is InChI=1S/C22H22N4O2/c1-12-5-7-14(8-6-12)17-18-15(27)9-22(3,4)10-16(18)28-21-19(17)20-24-13(2)25-26(20)11-23-21/h5-8,11,17H,9-10H2,1-4H3/t17-/m0/s1. The first kappa shape index (κ1) is 17.1. The number of benzene rings is 1. The first-order valence-corrected chi connectivity index (χ1v) is 9.55. The molecule has 1 aromatic carbocycles. The molecule has 142 valence electrons. The number of carbonyl (C=O) groups excluding carboxylic acids is 1. The van der Waals surface area contributed by atoms with Gasteiger partial charge in [-0.15, -0.1) is 0 Å². The van der Waals surface area contributed by atoms with Gasteiger partial charge in [0.25, 0.3) is 0 Å². The second kappa shape index (κ2) is 5.74. The van der Waals surface area contributed by atoms with Crippen LogP contribution < -0.4 is 4.74 Å². The molecule has 6 heteroatoms. The van der Waals surface area contributed by atoms with Crippen LogP contribution in [-0.4, -0.2) is 25.4 Å². The average molecular weight is 374 g/mol. The Labute approximate surface area is 163 Å². The minimum absolute atomic E-state index is 0.124. The molecule has 2 aromatic heterocycles. The molecule has 28 heavy (non-hydrogen) atoms. The Morgan fingerprint density at radius 3 is 2.64 bits per heavy atom. The number of Topliss-reactive ketones (excluding diaryl/α,β-unsaturated/α-hetero) is 1. The molecule has 0 saturated carbocycles. The van der Waals surface area contributed by atoms with E-state index >= 15 is 0 Å². The summed E-state index contributed by atoms with van der Waals surface area (Å²) >= 11 is 0. The van der Waals surface area contributed by atoms with E-state index in [4.69, 9.17) is 4.74 Å². The molecular formula is C22H22N4O2. The van der Waals surface area contributed by atoms with Crippen LogP contribution in [-0.2, 0) is 4.79 Å². The highest BCUT2D eigenvalue weighted by molar-refractivity contribution is 6.00. The van der Waals surface area contributed by atoms with Gasteiger partial charge in [-0.25, -0.2) is 14.5 Å². The van der Waals surface area contributed by atoms with Crippen molar-refractivity contribution >= 4 is 11.4 Å². The molecule has 0 unspecified atom stereocenters.